The van der Waals surface area contributed by atoms with Gasteiger partial charge in [0.05, 0.1) is 5.56 Å². The largest absolute Gasteiger partial charge is 0.423 e. The molecule has 0 atom stereocenters. The summed E-state index contributed by atoms with van der Waals surface area (Å²) in [5.74, 6) is 0.301. The van der Waals surface area contributed by atoms with Crippen LogP contribution in [0.2, 0.25) is 0 Å². The van der Waals surface area contributed by atoms with Crippen LogP contribution in [0.3, 0.4) is 0 Å². The fourth-order valence-electron chi connectivity index (χ4n) is 3.84. The first-order valence-electron chi connectivity index (χ1n) is 10.2. The van der Waals surface area contributed by atoms with E-state index in [0.29, 0.717) is 11.3 Å². The summed E-state index contributed by atoms with van der Waals surface area (Å²) in [6, 6.07) is 22.3. The summed E-state index contributed by atoms with van der Waals surface area (Å²) < 4.78 is 5.68. The number of benzene rings is 3. The van der Waals surface area contributed by atoms with Crippen LogP contribution in [0.5, 0.6) is 5.75 Å². The van der Waals surface area contributed by atoms with Crippen molar-refractivity contribution in [3.05, 3.63) is 100 Å². The Morgan fingerprint density at radius 3 is 2.24 bits per heavy atom. The van der Waals surface area contributed by atoms with Crippen LogP contribution in [0.4, 0.5) is 0 Å². The molecule has 3 aromatic carbocycles. The lowest BCUT2D eigenvalue weighted by Crippen LogP contribution is -2.25. The predicted molar refractivity (Wildman–Crippen MR) is 117 cm³/mol. The Morgan fingerprint density at radius 2 is 1.48 bits per heavy atom. The van der Waals surface area contributed by atoms with Gasteiger partial charge in [-0.1, -0.05) is 48.0 Å². The summed E-state index contributed by atoms with van der Waals surface area (Å²) >= 11 is 0. The molecule has 4 rings (SSSR count). The van der Waals surface area contributed by atoms with Crippen LogP contribution in [0, 0.1) is 6.92 Å². The standard InChI is InChI=1S/C26H27NO2/c1-19-7-9-21(10-8-19)26(28)29-25-12-11-23-17-22-6-4-3-5-20(22)13-15-27(2)16-14-24(23)18-25/h3-12,18H,13-17H2,1-2H3. The highest BCUT2D eigenvalue weighted by Gasteiger charge is 2.14. The number of ether oxygens (including phenoxy) is 1. The number of esters is 1. The average molecular weight is 386 g/mol. The Hall–Kier alpha value is -2.91. The first-order chi connectivity index (χ1) is 14.1. The molecule has 3 nitrogen and oxygen atoms in total. The fraction of sp³-hybridized carbons (Fsp3) is 0.269. The zero-order chi connectivity index (χ0) is 20.2. The van der Waals surface area contributed by atoms with Crippen LogP contribution >= 0.6 is 0 Å². The van der Waals surface area contributed by atoms with Crippen LogP contribution in [0.1, 0.15) is 38.2 Å². The Morgan fingerprint density at radius 1 is 0.828 bits per heavy atom. The van der Waals surface area contributed by atoms with E-state index in [2.05, 4.69) is 42.3 Å². The summed E-state index contributed by atoms with van der Waals surface area (Å²) in [4.78, 5) is 14.9. The highest BCUT2D eigenvalue weighted by Crippen LogP contribution is 2.25. The number of fused-ring (bicyclic) bond motifs is 2. The van der Waals surface area contributed by atoms with Gasteiger partial charge in [-0.3, -0.25) is 0 Å². The molecule has 3 aromatic rings. The third-order valence-corrected chi connectivity index (χ3v) is 5.70. The molecule has 0 amide bonds. The highest BCUT2D eigenvalue weighted by atomic mass is 16.5. The molecule has 1 heterocycles. The van der Waals surface area contributed by atoms with E-state index in [1.807, 2.05) is 43.3 Å². The molecule has 0 aromatic heterocycles. The molecule has 0 fully saturated rings. The number of hydrogen-bond donors (Lipinski definition) is 0. The summed E-state index contributed by atoms with van der Waals surface area (Å²) in [5, 5.41) is 0. The van der Waals surface area contributed by atoms with E-state index in [4.69, 9.17) is 4.74 Å². The third-order valence-electron chi connectivity index (χ3n) is 5.70. The molecular formula is C26H27NO2. The summed E-state index contributed by atoms with van der Waals surface area (Å²) in [6.07, 6.45) is 2.94. The summed E-state index contributed by atoms with van der Waals surface area (Å²) in [7, 11) is 2.17. The lowest BCUT2D eigenvalue weighted by atomic mass is 9.93. The first-order valence-corrected chi connectivity index (χ1v) is 10.2. The van der Waals surface area contributed by atoms with Crippen molar-refractivity contribution in [1.29, 1.82) is 0 Å². The number of aryl methyl sites for hydroxylation is 1. The molecule has 0 saturated heterocycles. The lowest BCUT2D eigenvalue weighted by Gasteiger charge is -2.22. The van der Waals surface area contributed by atoms with Crippen molar-refractivity contribution in [1.82, 2.24) is 4.90 Å². The van der Waals surface area contributed by atoms with Gasteiger partial charge < -0.3 is 9.64 Å². The molecule has 0 radical (unpaired) electrons. The van der Waals surface area contributed by atoms with Crippen molar-refractivity contribution >= 4 is 5.97 Å². The van der Waals surface area contributed by atoms with Gasteiger partial charge in [0.15, 0.2) is 0 Å². The molecule has 0 N–H and O–H groups in total. The van der Waals surface area contributed by atoms with Gasteiger partial charge in [-0.25, -0.2) is 4.79 Å². The molecule has 0 aliphatic carbocycles. The van der Waals surface area contributed by atoms with Gasteiger partial charge in [0.1, 0.15) is 5.75 Å². The lowest BCUT2D eigenvalue weighted by molar-refractivity contribution is 0.0734. The summed E-state index contributed by atoms with van der Waals surface area (Å²) in [5.41, 5.74) is 7.06. The van der Waals surface area contributed by atoms with Gasteiger partial charge in [0.25, 0.3) is 0 Å². The fourth-order valence-corrected chi connectivity index (χ4v) is 3.84. The van der Waals surface area contributed by atoms with Crippen molar-refractivity contribution in [2.24, 2.45) is 0 Å². The minimum Gasteiger partial charge on any atom is -0.423 e. The maximum absolute atomic E-state index is 12.5. The van der Waals surface area contributed by atoms with Gasteiger partial charge in [-0.05, 0) is 79.8 Å². The predicted octanol–water partition coefficient (Wildman–Crippen LogP) is 4.84. The van der Waals surface area contributed by atoms with E-state index >= 15 is 0 Å². The van der Waals surface area contributed by atoms with Crippen molar-refractivity contribution in [2.45, 2.75) is 26.2 Å². The quantitative estimate of drug-likeness (QED) is 0.467. The topological polar surface area (TPSA) is 29.5 Å². The molecule has 1 aliphatic rings. The van der Waals surface area contributed by atoms with Crippen molar-refractivity contribution in [3.8, 4) is 5.75 Å². The molecule has 0 bridgehead atoms. The Labute approximate surface area is 172 Å². The van der Waals surface area contributed by atoms with Gasteiger partial charge in [-0.2, -0.15) is 0 Å². The molecule has 0 unspecified atom stereocenters. The Kier molecular flexibility index (Phi) is 5.77. The SMILES string of the molecule is Cc1ccc(C(=O)Oc2ccc3c(c2)CCN(C)CCc2ccccc2C3)cc1. The van der Waals surface area contributed by atoms with E-state index in [0.717, 1.165) is 37.9 Å². The van der Waals surface area contributed by atoms with E-state index in [-0.39, 0.29) is 5.97 Å². The molecule has 29 heavy (non-hydrogen) atoms. The second-order valence-corrected chi connectivity index (χ2v) is 7.93. The highest BCUT2D eigenvalue weighted by molar-refractivity contribution is 5.91. The molecule has 0 spiro atoms. The van der Waals surface area contributed by atoms with Crippen LogP contribution in [0.15, 0.2) is 66.7 Å². The van der Waals surface area contributed by atoms with Gasteiger partial charge >= 0.3 is 5.97 Å². The van der Waals surface area contributed by atoms with Gasteiger partial charge in [0.2, 0.25) is 0 Å². The maximum atomic E-state index is 12.5. The number of hydrogen-bond acceptors (Lipinski definition) is 3. The van der Waals surface area contributed by atoms with Crippen LogP contribution in [-0.2, 0) is 19.3 Å². The third kappa shape index (κ3) is 4.75. The zero-order valence-electron chi connectivity index (χ0n) is 17.2. The van der Waals surface area contributed by atoms with Gasteiger partial charge in [0, 0.05) is 13.1 Å². The number of carbonyl (C=O) groups excluding carboxylic acids is 1. The van der Waals surface area contributed by atoms with Crippen LogP contribution in [-0.4, -0.2) is 31.0 Å². The number of nitrogens with zero attached hydrogens (tertiary/aromatic N) is 1. The van der Waals surface area contributed by atoms with E-state index in [1.54, 1.807) is 0 Å². The summed E-state index contributed by atoms with van der Waals surface area (Å²) in [6.45, 7) is 4.04. The number of rotatable bonds is 2. The maximum Gasteiger partial charge on any atom is 0.343 e. The van der Waals surface area contributed by atoms with Crippen molar-refractivity contribution in [3.63, 3.8) is 0 Å². The normalized spacial score (nSPS) is 14.6. The monoisotopic (exact) mass is 385 g/mol. The molecule has 3 heteroatoms. The average Bonchev–Trinajstić information content (AvgIpc) is 2.73. The van der Waals surface area contributed by atoms with Crippen LogP contribution < -0.4 is 4.74 Å². The van der Waals surface area contributed by atoms with E-state index < -0.39 is 0 Å². The molecule has 148 valence electrons. The zero-order valence-corrected chi connectivity index (χ0v) is 17.2. The number of carbonyl (C=O) groups is 1. The molecule has 1 aliphatic heterocycles. The number of likely N-dealkylation sites (N-methyl/N-ethyl adjacent to an activating group) is 1. The van der Waals surface area contributed by atoms with Crippen molar-refractivity contribution in [2.75, 3.05) is 20.1 Å². The molecule has 0 saturated carbocycles. The first kappa shape index (κ1) is 19.4. The second kappa shape index (κ2) is 8.62. The smallest absolute Gasteiger partial charge is 0.343 e. The Balaban J connectivity index is 1.60. The van der Waals surface area contributed by atoms with E-state index in [1.165, 1.54) is 22.3 Å². The van der Waals surface area contributed by atoms with Crippen LogP contribution in [0.25, 0.3) is 0 Å². The second-order valence-electron chi connectivity index (χ2n) is 7.93. The van der Waals surface area contributed by atoms with Crippen molar-refractivity contribution < 1.29 is 9.53 Å². The minimum absolute atomic E-state index is 0.313. The molecular weight excluding hydrogens is 358 g/mol. The minimum atomic E-state index is -0.313. The van der Waals surface area contributed by atoms with Gasteiger partial charge in [-0.15, -0.1) is 0 Å². The van der Waals surface area contributed by atoms with E-state index in [9.17, 15) is 4.79 Å². The Bertz CT molecular complexity index is 1010.